The fourth-order valence-electron chi connectivity index (χ4n) is 2.82. The number of nitrogens with zero attached hydrogens (tertiary/aromatic N) is 1. The maximum absolute atomic E-state index is 13.9. The molecule has 1 unspecified atom stereocenters. The van der Waals surface area contributed by atoms with Crippen LogP contribution in [0.5, 0.6) is 0 Å². The van der Waals surface area contributed by atoms with E-state index >= 15 is 0 Å². The largest absolute Gasteiger partial charge is 0.440 e. The van der Waals surface area contributed by atoms with Gasteiger partial charge in [-0.3, -0.25) is 14.9 Å². The smallest absolute Gasteiger partial charge is 0.314 e. The molecule has 1 atom stereocenters. The normalized spacial score (nSPS) is 19.3. The van der Waals surface area contributed by atoms with E-state index in [0.717, 1.165) is 5.56 Å². The topological polar surface area (TPSA) is 78.5 Å². The van der Waals surface area contributed by atoms with Crippen LogP contribution in [0.4, 0.5) is 23.7 Å². The van der Waals surface area contributed by atoms with Crippen LogP contribution in [0.2, 0.25) is 5.02 Å². The molecule has 4 amide bonds. The summed E-state index contributed by atoms with van der Waals surface area (Å²) >= 11 is 5.71. The summed E-state index contributed by atoms with van der Waals surface area (Å²) in [6.07, 6.45) is -5.30. The molecule has 2 aromatic rings. The number of imide groups is 1. The number of carbonyl (C=O) groups is 3. The van der Waals surface area contributed by atoms with E-state index in [9.17, 15) is 27.6 Å². The Balaban J connectivity index is 2.01. The molecule has 152 valence electrons. The molecule has 1 heterocycles. The number of carbonyl (C=O) groups excluding carboxylic acids is 3. The summed E-state index contributed by atoms with van der Waals surface area (Å²) in [5, 5.41) is 3.53. The summed E-state index contributed by atoms with van der Waals surface area (Å²) in [7, 11) is 0. The highest BCUT2D eigenvalue weighted by molar-refractivity contribution is 6.30. The number of alkyl halides is 3. The zero-order chi connectivity index (χ0) is 21.6. The maximum atomic E-state index is 13.9. The Morgan fingerprint density at radius 1 is 1.07 bits per heavy atom. The van der Waals surface area contributed by atoms with Gasteiger partial charge >= 0.3 is 12.2 Å². The Bertz CT molecular complexity index is 1010. The van der Waals surface area contributed by atoms with E-state index in [0.29, 0.717) is 10.5 Å². The van der Waals surface area contributed by atoms with Crippen molar-refractivity contribution in [2.24, 2.45) is 0 Å². The van der Waals surface area contributed by atoms with Gasteiger partial charge in [-0.25, -0.2) is 9.69 Å². The number of anilines is 1. The van der Waals surface area contributed by atoms with Crippen molar-refractivity contribution < 1.29 is 27.6 Å². The van der Waals surface area contributed by atoms with E-state index in [1.807, 2.05) is 0 Å². The molecular formula is C19H15ClF3N3O3. The van der Waals surface area contributed by atoms with Crippen molar-refractivity contribution in [1.29, 1.82) is 0 Å². The Kier molecular flexibility index (Phi) is 5.04. The minimum absolute atomic E-state index is 0.0394. The van der Waals surface area contributed by atoms with Crippen LogP contribution < -0.4 is 15.5 Å². The lowest BCUT2D eigenvalue weighted by atomic mass is 10.1. The molecule has 0 aromatic heterocycles. The molecule has 1 aliphatic rings. The van der Waals surface area contributed by atoms with Crippen molar-refractivity contribution in [3.8, 4) is 0 Å². The number of halogens is 4. The highest BCUT2D eigenvalue weighted by Crippen LogP contribution is 2.36. The fraction of sp³-hybridized carbons (Fsp3) is 0.211. The first kappa shape index (κ1) is 20.7. The summed E-state index contributed by atoms with van der Waals surface area (Å²) < 4.78 is 41.7. The van der Waals surface area contributed by atoms with E-state index in [2.05, 4.69) is 0 Å². The van der Waals surface area contributed by atoms with Gasteiger partial charge in [0.05, 0.1) is 5.69 Å². The van der Waals surface area contributed by atoms with Crippen molar-refractivity contribution in [2.45, 2.75) is 25.7 Å². The molecule has 29 heavy (non-hydrogen) atoms. The van der Waals surface area contributed by atoms with Crippen molar-refractivity contribution >= 4 is 35.1 Å². The van der Waals surface area contributed by atoms with Crippen molar-refractivity contribution in [2.75, 3.05) is 4.90 Å². The number of nitrogens with one attached hydrogen (secondary N) is 2. The van der Waals surface area contributed by atoms with Crippen LogP contribution in [0.3, 0.4) is 0 Å². The number of benzene rings is 2. The average molecular weight is 426 g/mol. The molecule has 2 aromatic carbocycles. The third-order valence-corrected chi connectivity index (χ3v) is 4.85. The third kappa shape index (κ3) is 3.53. The number of hydrogen-bond acceptors (Lipinski definition) is 3. The summed E-state index contributed by atoms with van der Waals surface area (Å²) in [6.45, 7) is 3.47. The van der Waals surface area contributed by atoms with Gasteiger partial charge in [0.25, 0.3) is 17.5 Å². The SMILES string of the molecule is Cc1ccc(N2C(=O)NC(NC(=O)c3ccc(Cl)cc3)(C(F)(F)F)C2=O)cc1C. The van der Waals surface area contributed by atoms with Crippen LogP contribution in [0.15, 0.2) is 42.5 Å². The summed E-state index contributed by atoms with van der Waals surface area (Å²) in [4.78, 5) is 37.9. The van der Waals surface area contributed by atoms with Gasteiger partial charge in [-0.1, -0.05) is 17.7 Å². The zero-order valence-corrected chi connectivity index (χ0v) is 16.0. The molecule has 3 rings (SSSR count). The molecule has 6 nitrogen and oxygen atoms in total. The molecule has 1 aliphatic heterocycles. The quantitative estimate of drug-likeness (QED) is 0.736. The first-order chi connectivity index (χ1) is 13.5. The first-order valence-electron chi connectivity index (χ1n) is 8.35. The van der Waals surface area contributed by atoms with Gasteiger partial charge in [0.15, 0.2) is 0 Å². The predicted octanol–water partition coefficient (Wildman–Crippen LogP) is 3.70. The number of urea groups is 1. The minimum atomic E-state index is -5.30. The second-order valence-corrected chi connectivity index (χ2v) is 6.98. The van der Waals surface area contributed by atoms with Gasteiger partial charge in [0, 0.05) is 10.6 Å². The Labute approximate surface area is 168 Å². The van der Waals surface area contributed by atoms with Gasteiger partial charge in [-0.05, 0) is 61.4 Å². The molecule has 0 bridgehead atoms. The van der Waals surface area contributed by atoms with Crippen LogP contribution >= 0.6 is 11.6 Å². The molecule has 2 N–H and O–H groups in total. The number of aryl methyl sites for hydroxylation is 2. The van der Waals surface area contributed by atoms with Crippen molar-refractivity contribution in [3.63, 3.8) is 0 Å². The number of hydrogen-bond donors (Lipinski definition) is 2. The first-order valence-corrected chi connectivity index (χ1v) is 8.73. The van der Waals surface area contributed by atoms with Gasteiger partial charge in [-0.15, -0.1) is 0 Å². The van der Waals surface area contributed by atoms with Gasteiger partial charge < -0.3 is 5.32 Å². The maximum Gasteiger partial charge on any atom is 0.440 e. The minimum Gasteiger partial charge on any atom is -0.314 e. The van der Waals surface area contributed by atoms with Crippen molar-refractivity contribution in [1.82, 2.24) is 10.6 Å². The van der Waals surface area contributed by atoms with E-state index < -0.39 is 29.7 Å². The lowest BCUT2D eigenvalue weighted by Crippen LogP contribution is -2.69. The summed E-state index contributed by atoms with van der Waals surface area (Å²) in [5.74, 6) is -2.85. The van der Waals surface area contributed by atoms with E-state index in [4.69, 9.17) is 11.6 Å². The highest BCUT2D eigenvalue weighted by atomic mass is 35.5. The number of rotatable bonds is 3. The van der Waals surface area contributed by atoms with Crippen LogP contribution in [-0.4, -0.2) is 29.7 Å². The van der Waals surface area contributed by atoms with Crippen LogP contribution in [0.1, 0.15) is 21.5 Å². The second-order valence-electron chi connectivity index (χ2n) is 6.55. The Morgan fingerprint density at radius 3 is 2.24 bits per heavy atom. The Morgan fingerprint density at radius 2 is 1.69 bits per heavy atom. The van der Waals surface area contributed by atoms with E-state index in [1.54, 1.807) is 30.5 Å². The number of amides is 4. The fourth-order valence-corrected chi connectivity index (χ4v) is 2.95. The molecular weight excluding hydrogens is 411 g/mol. The van der Waals surface area contributed by atoms with Crippen LogP contribution in [0, 0.1) is 13.8 Å². The second kappa shape index (κ2) is 7.07. The predicted molar refractivity (Wildman–Crippen MR) is 99.6 cm³/mol. The highest BCUT2D eigenvalue weighted by Gasteiger charge is 2.69. The van der Waals surface area contributed by atoms with Gasteiger partial charge in [-0.2, -0.15) is 13.2 Å². The lowest BCUT2D eigenvalue weighted by Gasteiger charge is -2.29. The molecule has 0 saturated carbocycles. The molecule has 0 aliphatic carbocycles. The molecule has 1 fully saturated rings. The van der Waals surface area contributed by atoms with Gasteiger partial charge in [0.1, 0.15) is 0 Å². The molecule has 1 saturated heterocycles. The van der Waals surface area contributed by atoms with E-state index in [1.165, 1.54) is 36.4 Å². The van der Waals surface area contributed by atoms with Crippen LogP contribution in [0.25, 0.3) is 0 Å². The monoisotopic (exact) mass is 425 g/mol. The molecule has 0 spiro atoms. The van der Waals surface area contributed by atoms with Crippen LogP contribution in [-0.2, 0) is 4.79 Å². The molecule has 10 heteroatoms. The zero-order valence-electron chi connectivity index (χ0n) is 15.2. The van der Waals surface area contributed by atoms with Gasteiger partial charge in [0.2, 0.25) is 0 Å². The summed E-state index contributed by atoms with van der Waals surface area (Å²) in [6, 6.07) is 8.07. The third-order valence-electron chi connectivity index (χ3n) is 4.60. The van der Waals surface area contributed by atoms with Crippen molar-refractivity contribution in [3.05, 3.63) is 64.2 Å². The average Bonchev–Trinajstić information content (AvgIpc) is 2.89. The standard InChI is InChI=1S/C19H15ClF3N3O3/c1-10-3-8-14(9-11(10)2)26-16(28)18(19(21,22)23,25-17(26)29)24-15(27)12-4-6-13(20)7-5-12/h3-9H,1-2H3,(H,24,27)(H,25,29). The lowest BCUT2D eigenvalue weighted by molar-refractivity contribution is -0.197. The molecule has 0 radical (unpaired) electrons. The Hall–Kier alpha value is -3.07. The summed E-state index contributed by atoms with van der Waals surface area (Å²) in [5.41, 5.74) is -2.29. The van der Waals surface area contributed by atoms with E-state index in [-0.39, 0.29) is 16.3 Å².